The van der Waals surface area contributed by atoms with Crippen LogP contribution >= 0.6 is 23.2 Å². The minimum Gasteiger partial charge on any atom is -0.229 e. The summed E-state index contributed by atoms with van der Waals surface area (Å²) in [6.45, 7) is 9.36. The predicted molar refractivity (Wildman–Crippen MR) is 162 cm³/mol. The summed E-state index contributed by atoms with van der Waals surface area (Å²) in [5, 5.41) is 7.59. The summed E-state index contributed by atoms with van der Waals surface area (Å²) < 4.78 is 84.4. The molecule has 4 nitrogen and oxygen atoms in total. The van der Waals surface area contributed by atoms with E-state index in [9.17, 15) is 26.3 Å². The summed E-state index contributed by atoms with van der Waals surface area (Å²) in [6, 6.07) is 9.83. The summed E-state index contributed by atoms with van der Waals surface area (Å²) in [4.78, 5) is 0. The minimum atomic E-state index is -4.79. The fourth-order valence-electron chi connectivity index (χ4n) is 5.18. The number of nitrogens with zero attached hydrogens (tertiary/aromatic N) is 4. The number of alkyl halides is 6. The Morgan fingerprint density at radius 1 is 0.864 bits per heavy atom. The van der Waals surface area contributed by atoms with E-state index in [4.69, 9.17) is 23.2 Å². The number of unbranched alkanes of at least 4 members (excludes halogenated alkanes) is 3. The second-order valence-electron chi connectivity index (χ2n) is 10.8. The van der Waals surface area contributed by atoms with Crippen LogP contribution < -0.4 is 0 Å². The van der Waals surface area contributed by atoms with Crippen LogP contribution in [0.2, 0.25) is 10.2 Å². The van der Waals surface area contributed by atoms with E-state index in [0.717, 1.165) is 47.9 Å². The van der Waals surface area contributed by atoms with Crippen molar-refractivity contribution in [1.29, 1.82) is 0 Å². The zero-order valence-electron chi connectivity index (χ0n) is 24.5. The van der Waals surface area contributed by atoms with Crippen LogP contribution in [0.4, 0.5) is 26.3 Å². The molecule has 0 bridgehead atoms. The first kappa shape index (κ1) is 33.6. The van der Waals surface area contributed by atoms with Crippen LogP contribution in [0.5, 0.6) is 0 Å². The molecular weight excluding hydrogens is 625 g/mol. The van der Waals surface area contributed by atoms with Gasteiger partial charge in [-0.1, -0.05) is 79.7 Å². The molecule has 0 N–H and O–H groups in total. The number of rotatable bonds is 11. The maximum atomic E-state index is 13.7. The number of allylic oxidation sites excluding steroid dienone is 1. The second kappa shape index (κ2) is 13.4. The van der Waals surface area contributed by atoms with E-state index in [1.165, 1.54) is 4.68 Å². The number of hydrogen-bond donors (Lipinski definition) is 0. The van der Waals surface area contributed by atoms with Gasteiger partial charge in [0.05, 0.1) is 34.2 Å². The van der Waals surface area contributed by atoms with Crippen LogP contribution in [0.15, 0.2) is 49.1 Å². The predicted octanol–water partition coefficient (Wildman–Crippen LogP) is 10.6. The Bertz CT molecular complexity index is 1650. The normalized spacial score (nSPS) is 12.2. The van der Waals surface area contributed by atoms with Gasteiger partial charge >= 0.3 is 12.4 Å². The van der Waals surface area contributed by atoms with E-state index in [0.29, 0.717) is 22.8 Å². The lowest BCUT2D eigenvalue weighted by Gasteiger charge is -2.20. The lowest BCUT2D eigenvalue weighted by molar-refractivity contribution is -0.141. The van der Waals surface area contributed by atoms with Crippen LogP contribution in [0.3, 0.4) is 0 Å². The van der Waals surface area contributed by atoms with E-state index in [1.54, 1.807) is 25.1 Å². The summed E-state index contributed by atoms with van der Waals surface area (Å²) >= 11 is 13.1. The van der Waals surface area contributed by atoms with Crippen molar-refractivity contribution < 1.29 is 26.3 Å². The number of hydrogen-bond acceptors (Lipinski definition) is 2. The van der Waals surface area contributed by atoms with E-state index in [2.05, 4.69) is 23.7 Å². The van der Waals surface area contributed by atoms with E-state index < -0.39 is 30.2 Å². The molecule has 0 aliphatic rings. The number of aryl methyl sites for hydroxylation is 3. The van der Waals surface area contributed by atoms with Gasteiger partial charge in [0, 0.05) is 11.6 Å². The Morgan fingerprint density at radius 2 is 1.57 bits per heavy atom. The maximum absolute atomic E-state index is 13.7. The molecule has 0 fully saturated rings. The Balaban J connectivity index is 2.05. The van der Waals surface area contributed by atoms with Crippen LogP contribution in [-0.2, 0) is 25.4 Å². The van der Waals surface area contributed by atoms with Gasteiger partial charge in [0.2, 0.25) is 0 Å². The summed E-state index contributed by atoms with van der Waals surface area (Å²) in [6.07, 6.45) is -4.14. The van der Waals surface area contributed by atoms with Crippen LogP contribution in [0.25, 0.3) is 22.6 Å². The molecule has 4 rings (SSSR count). The van der Waals surface area contributed by atoms with Gasteiger partial charge < -0.3 is 0 Å². The quantitative estimate of drug-likeness (QED) is 0.0914. The molecule has 0 saturated heterocycles. The van der Waals surface area contributed by atoms with Gasteiger partial charge in [0.25, 0.3) is 0 Å². The Kier molecular flexibility index (Phi) is 10.2. The van der Waals surface area contributed by atoms with Gasteiger partial charge in [-0.05, 0) is 61.4 Å². The fourth-order valence-corrected chi connectivity index (χ4v) is 5.69. The first-order valence-electron chi connectivity index (χ1n) is 14.2. The molecule has 0 spiro atoms. The minimum absolute atomic E-state index is 0.123. The van der Waals surface area contributed by atoms with Gasteiger partial charge in [-0.25, -0.2) is 9.36 Å². The maximum Gasteiger partial charge on any atom is 0.435 e. The molecule has 12 heteroatoms. The van der Waals surface area contributed by atoms with Crippen LogP contribution in [-0.4, -0.2) is 25.7 Å². The third kappa shape index (κ3) is 7.34. The highest BCUT2D eigenvalue weighted by Gasteiger charge is 2.37. The first-order chi connectivity index (χ1) is 20.7. The summed E-state index contributed by atoms with van der Waals surface area (Å²) in [7, 11) is 0. The smallest absolute Gasteiger partial charge is 0.229 e. The molecule has 0 atom stereocenters. The molecular formula is C32H32Cl2F6N4. The highest BCUT2D eigenvalue weighted by atomic mass is 35.5. The van der Waals surface area contributed by atoms with Crippen molar-refractivity contribution in [2.45, 2.75) is 78.1 Å². The average molecular weight is 658 g/mol. The molecule has 4 aromatic rings. The monoisotopic (exact) mass is 656 g/mol. The number of halogens is 8. The Hall–Kier alpha value is -3.24. The van der Waals surface area contributed by atoms with Gasteiger partial charge in [-0.15, -0.1) is 6.58 Å². The Morgan fingerprint density at radius 3 is 2.18 bits per heavy atom. The molecule has 2 aromatic heterocycles. The fraction of sp³-hybridized carbons (Fsp3) is 0.375. The molecule has 0 unspecified atom stereocenters. The first-order valence-corrected chi connectivity index (χ1v) is 14.9. The van der Waals surface area contributed by atoms with Crippen LogP contribution in [0, 0.1) is 13.8 Å². The highest BCUT2D eigenvalue weighted by molar-refractivity contribution is 6.34. The van der Waals surface area contributed by atoms with Crippen molar-refractivity contribution in [3.8, 4) is 22.6 Å². The molecule has 0 radical (unpaired) electrons. The van der Waals surface area contributed by atoms with Crippen LogP contribution in [0.1, 0.15) is 66.2 Å². The SMILES string of the molecule is C=CCc1ccc(C)c(-n2nc(CC(F)(F)F)c(Cl)c2-c2cc(CCCCCC)ccc2C)c1-n1nc(C(F)(F)F)cc1Cl. The van der Waals surface area contributed by atoms with Crippen molar-refractivity contribution >= 4 is 23.2 Å². The molecule has 236 valence electrons. The molecule has 0 amide bonds. The zero-order valence-corrected chi connectivity index (χ0v) is 26.0. The number of benzene rings is 2. The highest BCUT2D eigenvalue weighted by Crippen LogP contribution is 2.41. The largest absolute Gasteiger partial charge is 0.435 e. The molecule has 2 heterocycles. The number of aromatic nitrogens is 4. The van der Waals surface area contributed by atoms with Crippen molar-refractivity contribution in [1.82, 2.24) is 19.6 Å². The van der Waals surface area contributed by atoms with Gasteiger partial charge in [-0.3, -0.25) is 0 Å². The molecule has 0 aliphatic carbocycles. The van der Waals surface area contributed by atoms with Gasteiger partial charge in [0.15, 0.2) is 5.69 Å². The van der Waals surface area contributed by atoms with Crippen molar-refractivity contribution in [2.75, 3.05) is 0 Å². The average Bonchev–Trinajstić information content (AvgIpc) is 3.47. The second-order valence-corrected chi connectivity index (χ2v) is 11.5. The summed E-state index contributed by atoms with van der Waals surface area (Å²) in [5.74, 6) is 0. The van der Waals surface area contributed by atoms with Crippen molar-refractivity contribution in [2.24, 2.45) is 0 Å². The molecule has 44 heavy (non-hydrogen) atoms. The van der Waals surface area contributed by atoms with Crippen molar-refractivity contribution in [3.05, 3.63) is 92.9 Å². The Labute approximate surface area is 262 Å². The molecule has 0 saturated carbocycles. The third-order valence-electron chi connectivity index (χ3n) is 7.32. The lowest BCUT2D eigenvalue weighted by atomic mass is 9.97. The van der Waals surface area contributed by atoms with Gasteiger partial charge in [0.1, 0.15) is 5.15 Å². The van der Waals surface area contributed by atoms with E-state index in [-0.39, 0.29) is 33.7 Å². The van der Waals surface area contributed by atoms with Crippen molar-refractivity contribution in [3.63, 3.8) is 0 Å². The van der Waals surface area contributed by atoms with E-state index in [1.807, 2.05) is 25.1 Å². The molecule has 0 aliphatic heterocycles. The topological polar surface area (TPSA) is 35.6 Å². The lowest BCUT2D eigenvalue weighted by Crippen LogP contribution is -2.15. The molecule has 2 aromatic carbocycles. The third-order valence-corrected chi connectivity index (χ3v) is 7.98. The summed E-state index contributed by atoms with van der Waals surface area (Å²) in [5.41, 5.74) is 2.14. The van der Waals surface area contributed by atoms with Gasteiger partial charge in [-0.2, -0.15) is 36.5 Å². The standard InChI is InChI=1S/C32H32Cl2F6N4/c1-5-7-8-9-11-21-14-12-19(3)23(16-21)30-27(34)24(18-31(35,36)37)41-44(30)28-20(4)13-15-22(10-6-2)29(28)43-26(33)17-25(42-43)32(38,39)40/h6,12-17H,2,5,7-11,18H2,1,3-4H3. The van der Waals surface area contributed by atoms with E-state index >= 15 is 0 Å². The zero-order chi connectivity index (χ0) is 32.4.